The summed E-state index contributed by atoms with van der Waals surface area (Å²) in [5.41, 5.74) is 3.50. The second-order valence-electron chi connectivity index (χ2n) is 6.16. The minimum absolute atomic E-state index is 0.185. The molecule has 0 radical (unpaired) electrons. The lowest BCUT2D eigenvalue weighted by Gasteiger charge is -2.23. The number of ether oxygens (including phenoxy) is 2. The van der Waals surface area contributed by atoms with Gasteiger partial charge < -0.3 is 14.6 Å². The number of hydrogen-bond donors (Lipinski definition) is 1. The van der Waals surface area contributed by atoms with Crippen molar-refractivity contribution in [2.45, 2.75) is 25.4 Å². The Bertz CT molecular complexity index is 668. The number of rotatable bonds is 8. The normalized spacial score (nSPS) is 14.0. The second-order valence-corrected chi connectivity index (χ2v) is 6.16. The molecule has 1 aliphatic rings. The molecule has 0 atom stereocenters. The van der Waals surface area contributed by atoms with Gasteiger partial charge in [0.15, 0.2) is 11.5 Å². The van der Waals surface area contributed by atoms with Crippen LogP contribution in [0.1, 0.15) is 18.4 Å². The molecule has 0 aliphatic heterocycles. The smallest absolute Gasteiger partial charge is 0.161 e. The van der Waals surface area contributed by atoms with Crippen molar-refractivity contribution in [3.63, 3.8) is 0 Å². The summed E-state index contributed by atoms with van der Waals surface area (Å²) in [4.78, 5) is 2.35. The molecular formula is C20H25NO3. The van der Waals surface area contributed by atoms with Gasteiger partial charge in [-0.3, -0.25) is 4.90 Å². The molecule has 0 aromatic heterocycles. The van der Waals surface area contributed by atoms with Crippen LogP contribution in [0, 0.1) is 0 Å². The van der Waals surface area contributed by atoms with Crippen LogP contribution in [0.15, 0.2) is 42.5 Å². The van der Waals surface area contributed by atoms with Gasteiger partial charge in [0.05, 0.1) is 20.8 Å². The molecule has 128 valence electrons. The van der Waals surface area contributed by atoms with Crippen LogP contribution in [0.5, 0.6) is 11.5 Å². The van der Waals surface area contributed by atoms with Crippen LogP contribution in [0.3, 0.4) is 0 Å². The molecule has 4 nitrogen and oxygen atoms in total. The van der Waals surface area contributed by atoms with Gasteiger partial charge in [0.2, 0.25) is 0 Å². The number of benzene rings is 2. The number of aliphatic hydroxyl groups is 1. The molecule has 2 aromatic rings. The van der Waals surface area contributed by atoms with E-state index >= 15 is 0 Å². The Labute approximate surface area is 143 Å². The SMILES string of the molecule is COc1cc(CN(CCO)C2CC2)c(-c2ccccc2)cc1OC. The largest absolute Gasteiger partial charge is 0.493 e. The van der Waals surface area contributed by atoms with Crippen molar-refractivity contribution >= 4 is 0 Å². The van der Waals surface area contributed by atoms with Gasteiger partial charge in [-0.2, -0.15) is 0 Å². The maximum Gasteiger partial charge on any atom is 0.161 e. The average Bonchev–Trinajstić information content (AvgIpc) is 3.46. The van der Waals surface area contributed by atoms with Crippen molar-refractivity contribution in [3.05, 3.63) is 48.0 Å². The zero-order valence-electron chi connectivity index (χ0n) is 14.4. The maximum absolute atomic E-state index is 9.37. The summed E-state index contributed by atoms with van der Waals surface area (Å²) < 4.78 is 11.0. The van der Waals surface area contributed by atoms with E-state index in [0.29, 0.717) is 12.6 Å². The Balaban J connectivity index is 2.01. The third-order valence-corrected chi connectivity index (χ3v) is 4.52. The van der Waals surface area contributed by atoms with E-state index < -0.39 is 0 Å². The Hall–Kier alpha value is -2.04. The molecule has 0 spiro atoms. The van der Waals surface area contributed by atoms with E-state index in [0.717, 1.165) is 29.2 Å². The van der Waals surface area contributed by atoms with Gasteiger partial charge in [-0.1, -0.05) is 30.3 Å². The highest BCUT2D eigenvalue weighted by Gasteiger charge is 2.29. The van der Waals surface area contributed by atoms with E-state index in [-0.39, 0.29) is 6.61 Å². The first-order valence-electron chi connectivity index (χ1n) is 8.42. The molecule has 3 rings (SSSR count). The first kappa shape index (κ1) is 16.8. The second kappa shape index (κ2) is 7.69. The van der Waals surface area contributed by atoms with Gasteiger partial charge >= 0.3 is 0 Å². The van der Waals surface area contributed by atoms with E-state index in [2.05, 4.69) is 23.1 Å². The van der Waals surface area contributed by atoms with Crippen LogP contribution < -0.4 is 9.47 Å². The van der Waals surface area contributed by atoms with Crippen LogP contribution in [-0.4, -0.2) is 43.4 Å². The standard InChI is InChI=1S/C20H25NO3/c1-23-19-12-16(14-21(10-11-22)17-8-9-17)18(13-20(19)24-2)15-6-4-3-5-7-15/h3-7,12-13,17,22H,8-11,14H2,1-2H3. The van der Waals surface area contributed by atoms with Crippen molar-refractivity contribution < 1.29 is 14.6 Å². The zero-order valence-corrected chi connectivity index (χ0v) is 14.4. The first-order valence-corrected chi connectivity index (χ1v) is 8.42. The lowest BCUT2D eigenvalue weighted by atomic mass is 9.98. The third kappa shape index (κ3) is 3.71. The third-order valence-electron chi connectivity index (χ3n) is 4.52. The molecule has 1 aliphatic carbocycles. The van der Waals surface area contributed by atoms with Crippen LogP contribution in [0.2, 0.25) is 0 Å². The van der Waals surface area contributed by atoms with Crippen molar-refractivity contribution in [3.8, 4) is 22.6 Å². The Kier molecular flexibility index (Phi) is 5.38. The summed E-state index contributed by atoms with van der Waals surface area (Å²) >= 11 is 0. The van der Waals surface area contributed by atoms with Gasteiger partial charge in [-0.15, -0.1) is 0 Å². The van der Waals surface area contributed by atoms with Crippen molar-refractivity contribution in [1.82, 2.24) is 4.90 Å². The van der Waals surface area contributed by atoms with Crippen molar-refractivity contribution in [2.75, 3.05) is 27.4 Å². The summed E-state index contributed by atoms with van der Waals surface area (Å²) in [7, 11) is 3.32. The van der Waals surface area contributed by atoms with Gasteiger partial charge in [0, 0.05) is 19.1 Å². The molecule has 1 fully saturated rings. The molecular weight excluding hydrogens is 302 g/mol. The van der Waals surface area contributed by atoms with E-state index in [9.17, 15) is 5.11 Å². The Morgan fingerprint density at radius 1 is 1.04 bits per heavy atom. The summed E-state index contributed by atoms with van der Waals surface area (Å²) in [6.07, 6.45) is 2.43. The molecule has 0 amide bonds. The van der Waals surface area contributed by atoms with E-state index in [1.54, 1.807) is 14.2 Å². The monoisotopic (exact) mass is 327 g/mol. The lowest BCUT2D eigenvalue weighted by Crippen LogP contribution is -2.28. The summed E-state index contributed by atoms with van der Waals surface area (Å²) in [6, 6.07) is 15.0. The van der Waals surface area contributed by atoms with Crippen LogP contribution >= 0.6 is 0 Å². The van der Waals surface area contributed by atoms with Gasteiger partial charge in [-0.05, 0) is 41.7 Å². The van der Waals surface area contributed by atoms with Crippen molar-refractivity contribution in [1.29, 1.82) is 0 Å². The number of hydrogen-bond acceptors (Lipinski definition) is 4. The molecule has 1 N–H and O–H groups in total. The zero-order chi connectivity index (χ0) is 16.9. The molecule has 24 heavy (non-hydrogen) atoms. The summed E-state index contributed by atoms with van der Waals surface area (Å²) in [6.45, 7) is 1.69. The molecule has 0 unspecified atom stereocenters. The fraction of sp³-hybridized carbons (Fsp3) is 0.400. The summed E-state index contributed by atoms with van der Waals surface area (Å²) in [5, 5.41) is 9.37. The molecule has 0 heterocycles. The molecule has 0 bridgehead atoms. The minimum atomic E-state index is 0.185. The summed E-state index contributed by atoms with van der Waals surface area (Å²) in [5.74, 6) is 1.48. The van der Waals surface area contributed by atoms with Gasteiger partial charge in [0.25, 0.3) is 0 Å². The van der Waals surface area contributed by atoms with Gasteiger partial charge in [0.1, 0.15) is 0 Å². The quantitative estimate of drug-likeness (QED) is 0.807. The fourth-order valence-electron chi connectivity index (χ4n) is 3.12. The predicted octanol–water partition coefficient (Wildman–Crippen LogP) is 3.33. The predicted molar refractivity (Wildman–Crippen MR) is 95.5 cm³/mol. The van der Waals surface area contributed by atoms with Crippen LogP contribution in [0.4, 0.5) is 0 Å². The highest BCUT2D eigenvalue weighted by molar-refractivity contribution is 5.71. The topological polar surface area (TPSA) is 41.9 Å². The highest BCUT2D eigenvalue weighted by Crippen LogP contribution is 2.37. The Morgan fingerprint density at radius 2 is 1.71 bits per heavy atom. The van der Waals surface area contributed by atoms with Gasteiger partial charge in [-0.25, -0.2) is 0 Å². The van der Waals surface area contributed by atoms with E-state index in [1.807, 2.05) is 24.3 Å². The fourth-order valence-corrected chi connectivity index (χ4v) is 3.12. The first-order chi connectivity index (χ1) is 11.8. The molecule has 1 saturated carbocycles. The number of nitrogens with zero attached hydrogens (tertiary/aromatic N) is 1. The van der Waals surface area contributed by atoms with E-state index in [1.165, 1.54) is 18.4 Å². The maximum atomic E-state index is 9.37. The number of methoxy groups -OCH3 is 2. The average molecular weight is 327 g/mol. The van der Waals surface area contributed by atoms with Crippen molar-refractivity contribution in [2.24, 2.45) is 0 Å². The molecule has 4 heteroatoms. The number of aliphatic hydroxyl groups excluding tert-OH is 1. The highest BCUT2D eigenvalue weighted by atomic mass is 16.5. The molecule has 0 saturated heterocycles. The van der Waals surface area contributed by atoms with Crippen LogP contribution in [0.25, 0.3) is 11.1 Å². The minimum Gasteiger partial charge on any atom is -0.493 e. The lowest BCUT2D eigenvalue weighted by molar-refractivity contribution is 0.183. The van der Waals surface area contributed by atoms with Crippen LogP contribution in [-0.2, 0) is 6.54 Å². The molecule has 2 aromatic carbocycles. The Morgan fingerprint density at radius 3 is 2.29 bits per heavy atom. The van der Waals surface area contributed by atoms with E-state index in [4.69, 9.17) is 9.47 Å².